The molecular weight excluding hydrogens is 396 g/mol. The number of rotatable bonds is 4. The minimum absolute atomic E-state index is 0.0381. The molecule has 1 aromatic carbocycles. The molecule has 0 spiro atoms. The Balaban J connectivity index is 1.98. The highest BCUT2D eigenvalue weighted by Crippen LogP contribution is 2.39. The number of aromatic nitrogens is 3. The zero-order chi connectivity index (χ0) is 21.4. The molecule has 0 bridgehead atoms. The number of nitrogen functional groups attached to an aromatic ring is 1. The molecule has 10 heteroatoms. The number of fused-ring (bicyclic) bond motifs is 1. The van der Waals surface area contributed by atoms with Crippen molar-refractivity contribution in [2.45, 2.75) is 13.0 Å². The standard InChI is InChI=1S/C20H21F2N5O3/c1-10-9-27(4-5-30-10)19-18-11(8-24-20(23)26-18)6-12(25-19)15-16(21)13(28-2)7-14(29-3)17(15)22/h6-8,10H,4-5,9H2,1-3H3,(H2,23,24,26). The number of nitrogens with two attached hydrogens (primary N) is 1. The number of morpholine rings is 1. The summed E-state index contributed by atoms with van der Waals surface area (Å²) >= 11 is 0. The van der Waals surface area contributed by atoms with E-state index in [2.05, 4.69) is 15.0 Å². The Hall–Kier alpha value is -3.27. The maximum absolute atomic E-state index is 15.1. The molecule has 3 heterocycles. The lowest BCUT2D eigenvalue weighted by Crippen LogP contribution is -2.41. The van der Waals surface area contributed by atoms with Crippen molar-refractivity contribution in [3.63, 3.8) is 0 Å². The predicted octanol–water partition coefficient (Wildman–Crippen LogP) is 2.79. The molecule has 1 unspecified atom stereocenters. The van der Waals surface area contributed by atoms with Crippen LogP contribution in [-0.2, 0) is 4.74 Å². The van der Waals surface area contributed by atoms with Gasteiger partial charge in [-0.3, -0.25) is 0 Å². The van der Waals surface area contributed by atoms with E-state index in [1.165, 1.54) is 26.5 Å². The number of hydrogen-bond donors (Lipinski definition) is 1. The van der Waals surface area contributed by atoms with Crippen LogP contribution in [0.4, 0.5) is 20.5 Å². The monoisotopic (exact) mass is 417 g/mol. The molecule has 4 rings (SSSR count). The van der Waals surface area contributed by atoms with Gasteiger partial charge in [-0.05, 0) is 13.0 Å². The van der Waals surface area contributed by atoms with E-state index in [0.29, 0.717) is 36.4 Å². The molecule has 1 saturated heterocycles. The van der Waals surface area contributed by atoms with E-state index in [9.17, 15) is 0 Å². The number of hydrogen-bond acceptors (Lipinski definition) is 8. The molecule has 3 aromatic rings. The van der Waals surface area contributed by atoms with E-state index in [1.54, 1.807) is 0 Å². The van der Waals surface area contributed by atoms with Crippen molar-refractivity contribution < 1.29 is 23.0 Å². The summed E-state index contributed by atoms with van der Waals surface area (Å²) in [4.78, 5) is 14.9. The normalized spacial score (nSPS) is 16.7. The van der Waals surface area contributed by atoms with E-state index >= 15 is 8.78 Å². The van der Waals surface area contributed by atoms with Gasteiger partial charge >= 0.3 is 0 Å². The third-order valence-corrected chi connectivity index (χ3v) is 4.94. The number of benzene rings is 1. The lowest BCUT2D eigenvalue weighted by molar-refractivity contribution is 0.0530. The van der Waals surface area contributed by atoms with Gasteiger partial charge in [-0.15, -0.1) is 0 Å². The fraction of sp³-hybridized carbons (Fsp3) is 0.350. The molecule has 1 fully saturated rings. The molecule has 2 aromatic heterocycles. The van der Waals surface area contributed by atoms with Gasteiger partial charge in [0.25, 0.3) is 0 Å². The highest BCUT2D eigenvalue weighted by molar-refractivity contribution is 5.92. The third-order valence-electron chi connectivity index (χ3n) is 4.94. The Morgan fingerprint density at radius 1 is 1.13 bits per heavy atom. The number of anilines is 2. The Morgan fingerprint density at radius 2 is 1.83 bits per heavy atom. The molecule has 0 saturated carbocycles. The summed E-state index contributed by atoms with van der Waals surface area (Å²) in [6.45, 7) is 3.52. The van der Waals surface area contributed by atoms with Gasteiger partial charge in [-0.2, -0.15) is 0 Å². The maximum atomic E-state index is 15.1. The van der Waals surface area contributed by atoms with Crippen LogP contribution >= 0.6 is 0 Å². The third kappa shape index (κ3) is 3.43. The van der Waals surface area contributed by atoms with Crippen molar-refractivity contribution in [1.82, 2.24) is 15.0 Å². The summed E-state index contributed by atoms with van der Waals surface area (Å²) in [5.41, 5.74) is 5.99. The van der Waals surface area contributed by atoms with Crippen LogP contribution in [0.5, 0.6) is 11.5 Å². The molecule has 1 aliphatic heterocycles. The second kappa shape index (κ2) is 7.86. The second-order valence-corrected chi connectivity index (χ2v) is 6.91. The fourth-order valence-electron chi connectivity index (χ4n) is 3.51. The minimum Gasteiger partial charge on any atom is -0.494 e. The first kappa shape index (κ1) is 20.0. The van der Waals surface area contributed by atoms with Crippen LogP contribution in [0.1, 0.15) is 6.92 Å². The SMILES string of the molecule is COc1cc(OC)c(F)c(-c2cc3cnc(N)nc3c(N3CCOC(C)C3)n2)c1F. The van der Waals surface area contributed by atoms with Crippen molar-refractivity contribution in [1.29, 1.82) is 0 Å². The number of halogens is 2. The van der Waals surface area contributed by atoms with Gasteiger partial charge < -0.3 is 24.8 Å². The Morgan fingerprint density at radius 3 is 2.47 bits per heavy atom. The average Bonchev–Trinajstić information content (AvgIpc) is 2.73. The Kier molecular flexibility index (Phi) is 5.25. The first-order valence-electron chi connectivity index (χ1n) is 9.33. The van der Waals surface area contributed by atoms with Crippen molar-refractivity contribution in [2.24, 2.45) is 0 Å². The first-order valence-corrected chi connectivity index (χ1v) is 9.33. The smallest absolute Gasteiger partial charge is 0.220 e. The van der Waals surface area contributed by atoms with Gasteiger partial charge in [0, 0.05) is 30.7 Å². The van der Waals surface area contributed by atoms with Crippen molar-refractivity contribution in [2.75, 3.05) is 44.5 Å². The topological polar surface area (TPSA) is 95.6 Å². The molecular formula is C20H21F2N5O3. The summed E-state index contributed by atoms with van der Waals surface area (Å²) in [6.07, 6.45) is 1.47. The Bertz CT molecular complexity index is 1080. The second-order valence-electron chi connectivity index (χ2n) is 6.91. The van der Waals surface area contributed by atoms with Gasteiger partial charge in [-0.25, -0.2) is 23.7 Å². The van der Waals surface area contributed by atoms with Crippen LogP contribution in [0, 0.1) is 11.6 Å². The fourth-order valence-corrected chi connectivity index (χ4v) is 3.51. The zero-order valence-corrected chi connectivity index (χ0v) is 16.8. The van der Waals surface area contributed by atoms with Gasteiger partial charge in [0.15, 0.2) is 29.0 Å². The van der Waals surface area contributed by atoms with Crippen LogP contribution in [-0.4, -0.2) is 55.0 Å². The van der Waals surface area contributed by atoms with Gasteiger partial charge in [-0.1, -0.05) is 0 Å². The first-order chi connectivity index (χ1) is 14.4. The molecule has 0 aliphatic carbocycles. The van der Waals surface area contributed by atoms with E-state index in [-0.39, 0.29) is 34.8 Å². The quantitative estimate of drug-likeness (QED) is 0.692. The number of ether oxygens (including phenoxy) is 3. The lowest BCUT2D eigenvalue weighted by Gasteiger charge is -2.32. The number of nitrogens with zero attached hydrogens (tertiary/aromatic N) is 4. The molecule has 30 heavy (non-hydrogen) atoms. The molecule has 0 radical (unpaired) electrons. The van der Waals surface area contributed by atoms with Crippen LogP contribution < -0.4 is 20.1 Å². The highest BCUT2D eigenvalue weighted by Gasteiger charge is 2.26. The summed E-state index contributed by atoms with van der Waals surface area (Å²) < 4.78 is 45.9. The van der Waals surface area contributed by atoms with Crippen LogP contribution in [0.3, 0.4) is 0 Å². The van der Waals surface area contributed by atoms with Gasteiger partial charge in [0.2, 0.25) is 5.95 Å². The molecule has 1 aliphatic rings. The van der Waals surface area contributed by atoms with Crippen molar-refractivity contribution in [3.8, 4) is 22.8 Å². The van der Waals surface area contributed by atoms with Gasteiger partial charge in [0.05, 0.1) is 38.2 Å². The zero-order valence-electron chi connectivity index (χ0n) is 16.8. The van der Waals surface area contributed by atoms with E-state index < -0.39 is 11.6 Å². The average molecular weight is 417 g/mol. The van der Waals surface area contributed by atoms with Gasteiger partial charge in [0.1, 0.15) is 5.52 Å². The van der Waals surface area contributed by atoms with Crippen LogP contribution in [0.15, 0.2) is 18.3 Å². The maximum Gasteiger partial charge on any atom is 0.220 e. The van der Waals surface area contributed by atoms with Crippen molar-refractivity contribution >= 4 is 22.7 Å². The summed E-state index contributed by atoms with van der Waals surface area (Å²) in [6, 6.07) is 2.67. The molecule has 8 nitrogen and oxygen atoms in total. The van der Waals surface area contributed by atoms with Crippen molar-refractivity contribution in [3.05, 3.63) is 30.0 Å². The van der Waals surface area contributed by atoms with E-state index in [1.807, 2.05) is 11.8 Å². The van der Waals surface area contributed by atoms with Crippen LogP contribution in [0.2, 0.25) is 0 Å². The predicted molar refractivity (Wildman–Crippen MR) is 108 cm³/mol. The lowest BCUT2D eigenvalue weighted by atomic mass is 10.1. The largest absolute Gasteiger partial charge is 0.494 e. The summed E-state index contributed by atoms with van der Waals surface area (Å²) in [7, 11) is 2.59. The Labute approximate surface area is 171 Å². The summed E-state index contributed by atoms with van der Waals surface area (Å²) in [5, 5.41) is 0.545. The molecule has 1 atom stereocenters. The number of pyridine rings is 1. The summed E-state index contributed by atoms with van der Waals surface area (Å²) in [5.74, 6) is -1.52. The molecule has 158 valence electrons. The molecule has 2 N–H and O–H groups in total. The minimum atomic E-state index is -0.875. The number of methoxy groups -OCH3 is 2. The van der Waals surface area contributed by atoms with E-state index in [0.717, 1.165) is 6.07 Å². The van der Waals surface area contributed by atoms with E-state index in [4.69, 9.17) is 19.9 Å². The highest BCUT2D eigenvalue weighted by atomic mass is 19.1. The van der Waals surface area contributed by atoms with Crippen LogP contribution in [0.25, 0.3) is 22.2 Å². The molecule has 0 amide bonds.